The normalized spacial score (nSPS) is 11.5. The van der Waals surface area contributed by atoms with Gasteiger partial charge in [0.2, 0.25) is 10.0 Å². The average Bonchev–Trinajstić information content (AvgIpc) is 3.14. The van der Waals surface area contributed by atoms with Gasteiger partial charge in [-0.1, -0.05) is 0 Å². The van der Waals surface area contributed by atoms with Crippen molar-refractivity contribution in [3.63, 3.8) is 0 Å². The molecule has 10 heteroatoms. The number of anilines is 1. The van der Waals surface area contributed by atoms with Gasteiger partial charge in [0.05, 0.1) is 34.0 Å². The Morgan fingerprint density at radius 1 is 1.17 bits per heavy atom. The molecule has 0 radical (unpaired) electrons. The first-order chi connectivity index (χ1) is 13.7. The van der Waals surface area contributed by atoms with Gasteiger partial charge in [-0.25, -0.2) is 17.4 Å². The highest BCUT2D eigenvalue weighted by atomic mass is 79.9. The molecule has 3 rings (SSSR count). The number of sulfonamides is 1. The van der Waals surface area contributed by atoms with Crippen LogP contribution in [0.4, 0.5) is 5.69 Å². The number of hydrogen-bond donors (Lipinski definition) is 1. The third-order valence-electron chi connectivity index (χ3n) is 4.14. The van der Waals surface area contributed by atoms with Gasteiger partial charge in [-0.3, -0.25) is 4.79 Å². The molecule has 0 fully saturated rings. The predicted octanol–water partition coefficient (Wildman–Crippen LogP) is 3.15. The standard InChI is InChI=1S/C19H19BrN4O4S/c1-23(2)29(26,27)16-8-9-18(28-3)17(10-16)22-19(25)13-4-6-15(7-5-13)24-12-14(20)11-21-24/h4-12H,1-3H3,(H,22,25). The van der Waals surface area contributed by atoms with Crippen LogP contribution in [0.15, 0.2) is 64.2 Å². The SMILES string of the molecule is COc1ccc(S(=O)(=O)N(C)C)cc1NC(=O)c1ccc(-n2cc(Br)cn2)cc1. The lowest BCUT2D eigenvalue weighted by Gasteiger charge is -2.15. The monoisotopic (exact) mass is 478 g/mol. The van der Waals surface area contributed by atoms with Crippen LogP contribution in [-0.2, 0) is 10.0 Å². The number of methoxy groups -OCH3 is 1. The van der Waals surface area contributed by atoms with Crippen LogP contribution in [0.3, 0.4) is 0 Å². The van der Waals surface area contributed by atoms with E-state index in [1.165, 1.54) is 39.4 Å². The van der Waals surface area contributed by atoms with Crippen LogP contribution in [0.1, 0.15) is 10.4 Å². The van der Waals surface area contributed by atoms with Crippen molar-refractivity contribution in [2.45, 2.75) is 4.90 Å². The van der Waals surface area contributed by atoms with Crippen molar-refractivity contribution in [1.29, 1.82) is 0 Å². The lowest BCUT2D eigenvalue weighted by molar-refractivity contribution is 0.102. The topological polar surface area (TPSA) is 93.5 Å². The molecule has 0 saturated heterocycles. The Bertz CT molecular complexity index is 1140. The minimum Gasteiger partial charge on any atom is -0.495 e. The molecule has 0 saturated carbocycles. The number of hydrogen-bond acceptors (Lipinski definition) is 5. The molecule has 0 unspecified atom stereocenters. The van der Waals surface area contributed by atoms with Gasteiger partial charge in [-0.05, 0) is 58.4 Å². The quantitative estimate of drug-likeness (QED) is 0.587. The number of carbonyl (C=O) groups is 1. The Kier molecular flexibility index (Phi) is 6.06. The summed E-state index contributed by atoms with van der Waals surface area (Å²) in [5.74, 6) is -0.0371. The van der Waals surface area contributed by atoms with Crippen LogP contribution < -0.4 is 10.1 Å². The minimum atomic E-state index is -3.65. The van der Waals surface area contributed by atoms with E-state index >= 15 is 0 Å². The van der Waals surface area contributed by atoms with Crippen LogP contribution in [0, 0.1) is 0 Å². The Morgan fingerprint density at radius 2 is 1.86 bits per heavy atom. The van der Waals surface area contributed by atoms with E-state index in [2.05, 4.69) is 26.3 Å². The van der Waals surface area contributed by atoms with Gasteiger partial charge in [-0.15, -0.1) is 0 Å². The van der Waals surface area contributed by atoms with Crippen LogP contribution >= 0.6 is 15.9 Å². The third kappa shape index (κ3) is 4.50. The summed E-state index contributed by atoms with van der Waals surface area (Å²) in [5.41, 5.74) is 1.47. The van der Waals surface area contributed by atoms with Crippen LogP contribution in [-0.4, -0.2) is 49.6 Å². The maximum absolute atomic E-state index is 12.7. The predicted molar refractivity (Wildman–Crippen MR) is 113 cm³/mol. The summed E-state index contributed by atoms with van der Waals surface area (Å²) in [6.45, 7) is 0. The molecule has 0 aliphatic carbocycles. The zero-order chi connectivity index (χ0) is 21.2. The molecule has 1 N–H and O–H groups in total. The van der Waals surface area contributed by atoms with E-state index in [9.17, 15) is 13.2 Å². The van der Waals surface area contributed by atoms with Crippen LogP contribution in [0.25, 0.3) is 5.69 Å². The number of benzene rings is 2. The molecule has 0 spiro atoms. The maximum atomic E-state index is 12.7. The number of amides is 1. The lowest BCUT2D eigenvalue weighted by Crippen LogP contribution is -2.22. The number of aromatic nitrogens is 2. The van der Waals surface area contributed by atoms with Crippen molar-refractivity contribution < 1.29 is 17.9 Å². The Labute approximate surface area is 177 Å². The lowest BCUT2D eigenvalue weighted by atomic mass is 10.2. The van der Waals surface area contributed by atoms with E-state index < -0.39 is 15.9 Å². The van der Waals surface area contributed by atoms with Gasteiger partial charge in [0.25, 0.3) is 5.91 Å². The second-order valence-corrected chi connectivity index (χ2v) is 9.32. The highest BCUT2D eigenvalue weighted by molar-refractivity contribution is 9.10. The summed E-state index contributed by atoms with van der Waals surface area (Å²) in [6, 6.07) is 11.2. The zero-order valence-electron chi connectivity index (χ0n) is 16.0. The second-order valence-electron chi connectivity index (χ2n) is 6.25. The molecule has 0 aliphatic heterocycles. The highest BCUT2D eigenvalue weighted by Crippen LogP contribution is 2.29. The van der Waals surface area contributed by atoms with E-state index in [1.807, 2.05) is 0 Å². The van der Waals surface area contributed by atoms with Crippen molar-refractivity contribution in [2.24, 2.45) is 0 Å². The van der Waals surface area contributed by atoms with E-state index in [-0.39, 0.29) is 10.6 Å². The molecule has 8 nitrogen and oxygen atoms in total. The first-order valence-corrected chi connectivity index (χ1v) is 10.7. The fourth-order valence-electron chi connectivity index (χ4n) is 2.56. The third-order valence-corrected chi connectivity index (χ3v) is 6.36. The van der Waals surface area contributed by atoms with E-state index in [1.54, 1.807) is 41.3 Å². The Morgan fingerprint density at radius 3 is 2.41 bits per heavy atom. The Hall–Kier alpha value is -2.69. The van der Waals surface area contributed by atoms with Gasteiger partial charge >= 0.3 is 0 Å². The van der Waals surface area contributed by atoms with E-state index in [0.29, 0.717) is 11.3 Å². The minimum absolute atomic E-state index is 0.0539. The summed E-state index contributed by atoms with van der Waals surface area (Å²) < 4.78 is 33.6. The van der Waals surface area contributed by atoms with Crippen molar-refractivity contribution in [3.05, 3.63) is 64.9 Å². The molecule has 1 heterocycles. The van der Waals surface area contributed by atoms with Gasteiger partial charge in [0.1, 0.15) is 5.75 Å². The van der Waals surface area contributed by atoms with Crippen molar-refractivity contribution >= 4 is 37.5 Å². The molecule has 152 valence electrons. The average molecular weight is 479 g/mol. The van der Waals surface area contributed by atoms with Crippen molar-refractivity contribution in [1.82, 2.24) is 14.1 Å². The number of rotatable bonds is 6. The largest absolute Gasteiger partial charge is 0.495 e. The van der Waals surface area contributed by atoms with Gasteiger partial charge in [-0.2, -0.15) is 5.10 Å². The zero-order valence-corrected chi connectivity index (χ0v) is 18.4. The smallest absolute Gasteiger partial charge is 0.255 e. The molecule has 1 aromatic heterocycles. The first-order valence-electron chi connectivity index (χ1n) is 8.45. The molecule has 0 aliphatic rings. The summed E-state index contributed by atoms with van der Waals surface area (Å²) >= 11 is 3.34. The first kappa shape index (κ1) is 21.0. The molecule has 2 aromatic carbocycles. The summed E-state index contributed by atoms with van der Waals surface area (Å²) in [5, 5.41) is 6.91. The molecule has 3 aromatic rings. The summed E-state index contributed by atoms with van der Waals surface area (Å²) in [7, 11) is 0.684. The van der Waals surface area contributed by atoms with Crippen LogP contribution in [0.2, 0.25) is 0 Å². The number of halogens is 1. The number of ether oxygens (including phenoxy) is 1. The van der Waals surface area contributed by atoms with E-state index in [4.69, 9.17) is 4.74 Å². The van der Waals surface area contributed by atoms with Gasteiger partial charge in [0.15, 0.2) is 0 Å². The molecule has 1 amide bonds. The molecule has 0 atom stereocenters. The number of nitrogens with zero attached hydrogens (tertiary/aromatic N) is 3. The molecular formula is C19H19BrN4O4S. The highest BCUT2D eigenvalue weighted by Gasteiger charge is 2.20. The fraction of sp³-hybridized carbons (Fsp3) is 0.158. The van der Waals surface area contributed by atoms with E-state index in [0.717, 1.165) is 14.5 Å². The van der Waals surface area contributed by atoms with Crippen molar-refractivity contribution in [2.75, 3.05) is 26.5 Å². The van der Waals surface area contributed by atoms with Crippen LogP contribution in [0.5, 0.6) is 5.75 Å². The number of carbonyl (C=O) groups excluding carboxylic acids is 1. The summed E-state index contributed by atoms with van der Waals surface area (Å²) in [6.07, 6.45) is 3.47. The Balaban J connectivity index is 1.86. The summed E-state index contributed by atoms with van der Waals surface area (Å²) in [4.78, 5) is 12.7. The second kappa shape index (κ2) is 8.36. The number of nitrogens with one attached hydrogen (secondary N) is 1. The fourth-order valence-corrected chi connectivity index (χ4v) is 3.77. The molecule has 29 heavy (non-hydrogen) atoms. The van der Waals surface area contributed by atoms with Gasteiger partial charge < -0.3 is 10.1 Å². The van der Waals surface area contributed by atoms with Crippen molar-refractivity contribution in [3.8, 4) is 11.4 Å². The molecule has 0 bridgehead atoms. The molecular weight excluding hydrogens is 460 g/mol. The van der Waals surface area contributed by atoms with Gasteiger partial charge in [0, 0.05) is 25.9 Å². The maximum Gasteiger partial charge on any atom is 0.255 e.